The molecule has 2 atom stereocenters. The SMILES string of the molecule is CCc1cc(N2CC(C)C(N)C2)ncn1. The Morgan fingerprint density at radius 1 is 1.47 bits per heavy atom. The highest BCUT2D eigenvalue weighted by Gasteiger charge is 2.27. The fourth-order valence-corrected chi connectivity index (χ4v) is 1.93. The Labute approximate surface area is 90.5 Å². The van der Waals surface area contributed by atoms with E-state index >= 15 is 0 Å². The molecule has 82 valence electrons. The highest BCUT2D eigenvalue weighted by Crippen LogP contribution is 2.21. The maximum Gasteiger partial charge on any atom is 0.132 e. The number of aromatic nitrogens is 2. The van der Waals surface area contributed by atoms with Crippen LogP contribution >= 0.6 is 0 Å². The molecule has 1 aromatic rings. The van der Waals surface area contributed by atoms with E-state index in [0.29, 0.717) is 5.92 Å². The first kappa shape index (κ1) is 10.4. The minimum absolute atomic E-state index is 0.269. The molecule has 1 aromatic heterocycles. The van der Waals surface area contributed by atoms with Crippen LogP contribution in [0.3, 0.4) is 0 Å². The van der Waals surface area contributed by atoms with Gasteiger partial charge in [0.15, 0.2) is 0 Å². The molecule has 2 heterocycles. The Hall–Kier alpha value is -1.16. The first-order valence-electron chi connectivity index (χ1n) is 5.52. The number of nitrogens with zero attached hydrogens (tertiary/aromatic N) is 3. The van der Waals surface area contributed by atoms with Crippen LogP contribution in [0.4, 0.5) is 5.82 Å². The van der Waals surface area contributed by atoms with E-state index in [-0.39, 0.29) is 6.04 Å². The highest BCUT2D eigenvalue weighted by atomic mass is 15.2. The average molecular weight is 206 g/mol. The Bertz CT molecular complexity index is 329. The summed E-state index contributed by atoms with van der Waals surface area (Å²) in [5.41, 5.74) is 7.08. The normalized spacial score (nSPS) is 25.9. The lowest BCUT2D eigenvalue weighted by molar-refractivity contribution is 0.566. The average Bonchev–Trinajstić information content (AvgIpc) is 2.59. The van der Waals surface area contributed by atoms with Crippen molar-refractivity contribution in [1.29, 1.82) is 0 Å². The summed E-state index contributed by atoms with van der Waals surface area (Å²) in [5, 5.41) is 0. The van der Waals surface area contributed by atoms with Gasteiger partial charge in [-0.2, -0.15) is 0 Å². The van der Waals surface area contributed by atoms with Gasteiger partial charge in [-0.05, 0) is 12.3 Å². The molecule has 0 radical (unpaired) electrons. The fraction of sp³-hybridized carbons (Fsp3) is 0.636. The van der Waals surface area contributed by atoms with E-state index < -0.39 is 0 Å². The quantitative estimate of drug-likeness (QED) is 0.778. The Morgan fingerprint density at radius 2 is 2.27 bits per heavy atom. The van der Waals surface area contributed by atoms with E-state index in [2.05, 4.69) is 34.8 Å². The van der Waals surface area contributed by atoms with Crippen LogP contribution in [0.15, 0.2) is 12.4 Å². The van der Waals surface area contributed by atoms with Crippen LogP contribution in [0.2, 0.25) is 0 Å². The van der Waals surface area contributed by atoms with Gasteiger partial charge in [0, 0.05) is 30.9 Å². The smallest absolute Gasteiger partial charge is 0.132 e. The number of hydrogen-bond acceptors (Lipinski definition) is 4. The lowest BCUT2D eigenvalue weighted by Gasteiger charge is -2.16. The van der Waals surface area contributed by atoms with Gasteiger partial charge in [-0.15, -0.1) is 0 Å². The standard InChI is InChI=1S/C11H18N4/c1-3-9-4-11(14-7-13-9)15-5-8(2)10(12)6-15/h4,7-8,10H,3,5-6,12H2,1-2H3. The minimum Gasteiger partial charge on any atom is -0.355 e. The van der Waals surface area contributed by atoms with Crippen LogP contribution in [0.5, 0.6) is 0 Å². The second-order valence-corrected chi connectivity index (χ2v) is 4.27. The fourth-order valence-electron chi connectivity index (χ4n) is 1.93. The Kier molecular flexibility index (Phi) is 2.86. The van der Waals surface area contributed by atoms with Crippen molar-refractivity contribution in [3.63, 3.8) is 0 Å². The lowest BCUT2D eigenvalue weighted by atomic mass is 10.1. The summed E-state index contributed by atoms with van der Waals surface area (Å²) in [5.74, 6) is 1.56. The van der Waals surface area contributed by atoms with Crippen molar-refractivity contribution in [1.82, 2.24) is 9.97 Å². The first-order chi connectivity index (χ1) is 7.20. The molecule has 1 fully saturated rings. The van der Waals surface area contributed by atoms with Gasteiger partial charge in [-0.1, -0.05) is 13.8 Å². The molecule has 0 spiro atoms. The number of anilines is 1. The summed E-state index contributed by atoms with van der Waals surface area (Å²) in [4.78, 5) is 10.7. The summed E-state index contributed by atoms with van der Waals surface area (Å²) in [6.07, 6.45) is 2.59. The van der Waals surface area contributed by atoms with Crippen LogP contribution in [-0.2, 0) is 6.42 Å². The van der Waals surface area contributed by atoms with Gasteiger partial charge in [0.05, 0.1) is 0 Å². The van der Waals surface area contributed by atoms with Crippen molar-refractivity contribution < 1.29 is 0 Å². The third-order valence-corrected chi connectivity index (χ3v) is 3.07. The van der Waals surface area contributed by atoms with Gasteiger partial charge in [0.2, 0.25) is 0 Å². The molecule has 0 amide bonds. The van der Waals surface area contributed by atoms with E-state index in [0.717, 1.165) is 31.0 Å². The number of nitrogens with two attached hydrogens (primary N) is 1. The second kappa shape index (κ2) is 4.14. The summed E-state index contributed by atoms with van der Waals surface area (Å²) in [6, 6.07) is 2.33. The molecule has 1 aliphatic rings. The zero-order chi connectivity index (χ0) is 10.8. The molecule has 0 aromatic carbocycles. The molecule has 4 nitrogen and oxygen atoms in total. The predicted octanol–water partition coefficient (Wildman–Crippen LogP) is 0.822. The van der Waals surface area contributed by atoms with E-state index in [1.165, 1.54) is 0 Å². The molecular formula is C11H18N4. The summed E-state index contributed by atoms with van der Waals surface area (Å²) in [7, 11) is 0. The molecule has 2 unspecified atom stereocenters. The number of hydrogen-bond donors (Lipinski definition) is 1. The van der Waals surface area contributed by atoms with Crippen molar-refractivity contribution in [2.75, 3.05) is 18.0 Å². The molecule has 4 heteroatoms. The Balaban J connectivity index is 2.16. The molecular weight excluding hydrogens is 188 g/mol. The van der Waals surface area contributed by atoms with Gasteiger partial charge in [0.1, 0.15) is 12.1 Å². The minimum atomic E-state index is 0.269. The molecule has 0 aliphatic carbocycles. The third kappa shape index (κ3) is 2.09. The van der Waals surface area contributed by atoms with Crippen LogP contribution in [0.25, 0.3) is 0 Å². The summed E-state index contributed by atoms with van der Waals surface area (Å²) in [6.45, 7) is 6.19. The van der Waals surface area contributed by atoms with Crippen LogP contribution in [0, 0.1) is 5.92 Å². The van der Waals surface area contributed by atoms with Crippen molar-refractivity contribution in [3.05, 3.63) is 18.1 Å². The highest BCUT2D eigenvalue weighted by molar-refractivity contribution is 5.40. The van der Waals surface area contributed by atoms with E-state index in [1.54, 1.807) is 6.33 Å². The topological polar surface area (TPSA) is 55.0 Å². The van der Waals surface area contributed by atoms with Crippen molar-refractivity contribution in [3.8, 4) is 0 Å². The number of rotatable bonds is 2. The van der Waals surface area contributed by atoms with Gasteiger partial charge < -0.3 is 10.6 Å². The predicted molar refractivity (Wildman–Crippen MR) is 60.8 cm³/mol. The Morgan fingerprint density at radius 3 is 2.87 bits per heavy atom. The summed E-state index contributed by atoms with van der Waals surface area (Å²) >= 11 is 0. The van der Waals surface area contributed by atoms with Gasteiger partial charge in [-0.3, -0.25) is 0 Å². The maximum atomic E-state index is 5.99. The maximum absolute atomic E-state index is 5.99. The van der Waals surface area contributed by atoms with E-state index in [4.69, 9.17) is 5.73 Å². The van der Waals surface area contributed by atoms with E-state index in [1.807, 2.05) is 0 Å². The lowest BCUT2D eigenvalue weighted by Crippen LogP contribution is -2.28. The van der Waals surface area contributed by atoms with Gasteiger partial charge in [0.25, 0.3) is 0 Å². The van der Waals surface area contributed by atoms with Crippen LogP contribution in [-0.4, -0.2) is 29.1 Å². The van der Waals surface area contributed by atoms with Gasteiger partial charge in [-0.25, -0.2) is 9.97 Å². The second-order valence-electron chi connectivity index (χ2n) is 4.27. The monoisotopic (exact) mass is 206 g/mol. The summed E-state index contributed by atoms with van der Waals surface area (Å²) < 4.78 is 0. The molecule has 1 aliphatic heterocycles. The number of aryl methyl sites for hydroxylation is 1. The molecule has 2 rings (SSSR count). The molecule has 0 bridgehead atoms. The largest absolute Gasteiger partial charge is 0.355 e. The van der Waals surface area contributed by atoms with Crippen molar-refractivity contribution >= 4 is 5.82 Å². The van der Waals surface area contributed by atoms with Gasteiger partial charge >= 0.3 is 0 Å². The van der Waals surface area contributed by atoms with Crippen LogP contribution < -0.4 is 10.6 Å². The first-order valence-corrected chi connectivity index (χ1v) is 5.52. The third-order valence-electron chi connectivity index (χ3n) is 3.07. The zero-order valence-corrected chi connectivity index (χ0v) is 9.35. The molecule has 15 heavy (non-hydrogen) atoms. The van der Waals surface area contributed by atoms with E-state index in [9.17, 15) is 0 Å². The molecule has 1 saturated heterocycles. The zero-order valence-electron chi connectivity index (χ0n) is 9.35. The van der Waals surface area contributed by atoms with Crippen molar-refractivity contribution in [2.45, 2.75) is 26.3 Å². The van der Waals surface area contributed by atoms with Crippen LogP contribution in [0.1, 0.15) is 19.5 Å². The van der Waals surface area contributed by atoms with Crippen molar-refractivity contribution in [2.24, 2.45) is 11.7 Å². The molecule has 2 N–H and O–H groups in total. The molecule has 0 saturated carbocycles.